The molecule has 0 radical (unpaired) electrons. The van der Waals surface area contributed by atoms with Crippen molar-refractivity contribution < 1.29 is 14.6 Å². The summed E-state index contributed by atoms with van der Waals surface area (Å²) < 4.78 is 5.45. The summed E-state index contributed by atoms with van der Waals surface area (Å²) in [4.78, 5) is 13.8. The molecule has 0 aromatic heterocycles. The molecule has 118 valence electrons. The van der Waals surface area contributed by atoms with Gasteiger partial charge in [0.1, 0.15) is 6.61 Å². The van der Waals surface area contributed by atoms with E-state index in [4.69, 9.17) is 9.84 Å². The quantitative estimate of drug-likeness (QED) is 0.939. The minimum Gasteiger partial charge on any atom is -0.445 e. The number of amides is 1. The summed E-state index contributed by atoms with van der Waals surface area (Å²) in [6.07, 6.45) is -0.408. The molecule has 0 unspecified atom stereocenters. The number of benzene rings is 2. The van der Waals surface area contributed by atoms with Crippen molar-refractivity contribution >= 4 is 16.9 Å². The minimum atomic E-state index is -0.408. The van der Waals surface area contributed by atoms with Crippen LogP contribution in [0.3, 0.4) is 0 Å². The molecule has 1 N–H and O–H groups in total. The van der Waals surface area contributed by atoms with Crippen LogP contribution < -0.4 is 0 Å². The smallest absolute Gasteiger partial charge is 0.410 e. The van der Waals surface area contributed by atoms with Crippen LogP contribution in [0.5, 0.6) is 0 Å². The number of hydrogen-bond donors (Lipinski definition) is 1. The standard InChI is InChI=1S/C18H23NO3/c1-18(2,3)19(11-12-20)17(21)22-13-15-9-6-8-14-7-4-5-10-16(14)15/h4-10,20H,11-13H2,1-3H3. The van der Waals surface area contributed by atoms with E-state index in [9.17, 15) is 4.79 Å². The monoisotopic (exact) mass is 301 g/mol. The lowest BCUT2D eigenvalue weighted by Gasteiger charge is -2.34. The van der Waals surface area contributed by atoms with Crippen LogP contribution in [0.2, 0.25) is 0 Å². The van der Waals surface area contributed by atoms with Crippen molar-refractivity contribution in [3.05, 3.63) is 48.0 Å². The maximum absolute atomic E-state index is 12.3. The van der Waals surface area contributed by atoms with Gasteiger partial charge in [-0.2, -0.15) is 0 Å². The molecule has 0 saturated carbocycles. The number of aliphatic hydroxyl groups is 1. The molecule has 0 fully saturated rings. The molecule has 2 rings (SSSR count). The van der Waals surface area contributed by atoms with E-state index < -0.39 is 11.6 Å². The first-order valence-corrected chi connectivity index (χ1v) is 7.45. The molecule has 4 heteroatoms. The fourth-order valence-electron chi connectivity index (χ4n) is 2.44. The molecule has 22 heavy (non-hydrogen) atoms. The largest absolute Gasteiger partial charge is 0.445 e. The molecule has 0 bridgehead atoms. The van der Waals surface area contributed by atoms with E-state index in [0.29, 0.717) is 0 Å². The number of carbonyl (C=O) groups excluding carboxylic acids is 1. The number of aliphatic hydroxyl groups excluding tert-OH is 1. The number of rotatable bonds is 4. The zero-order valence-corrected chi connectivity index (χ0v) is 13.4. The summed E-state index contributed by atoms with van der Waals surface area (Å²) in [5.41, 5.74) is 0.586. The van der Waals surface area contributed by atoms with Crippen molar-refractivity contribution in [1.29, 1.82) is 0 Å². The van der Waals surface area contributed by atoms with Gasteiger partial charge in [0, 0.05) is 12.1 Å². The number of hydrogen-bond acceptors (Lipinski definition) is 3. The maximum atomic E-state index is 12.3. The molecule has 0 aliphatic rings. The Morgan fingerprint density at radius 3 is 2.50 bits per heavy atom. The topological polar surface area (TPSA) is 49.8 Å². The Morgan fingerprint density at radius 1 is 1.14 bits per heavy atom. The lowest BCUT2D eigenvalue weighted by molar-refractivity contribution is 0.0538. The summed E-state index contributed by atoms with van der Waals surface area (Å²) in [6, 6.07) is 14.0. The van der Waals surface area contributed by atoms with Gasteiger partial charge in [-0.15, -0.1) is 0 Å². The van der Waals surface area contributed by atoms with E-state index >= 15 is 0 Å². The number of ether oxygens (including phenoxy) is 1. The van der Waals surface area contributed by atoms with E-state index in [2.05, 4.69) is 0 Å². The molecule has 0 saturated heterocycles. The van der Waals surface area contributed by atoms with Gasteiger partial charge in [0.05, 0.1) is 6.61 Å². The fourth-order valence-corrected chi connectivity index (χ4v) is 2.44. The third-order valence-electron chi connectivity index (χ3n) is 3.58. The van der Waals surface area contributed by atoms with Crippen molar-refractivity contribution in [1.82, 2.24) is 4.90 Å². The summed E-state index contributed by atoms with van der Waals surface area (Å²) >= 11 is 0. The van der Waals surface area contributed by atoms with Gasteiger partial charge in [0.25, 0.3) is 0 Å². The number of carbonyl (C=O) groups is 1. The van der Waals surface area contributed by atoms with Crippen LogP contribution >= 0.6 is 0 Å². The third-order valence-corrected chi connectivity index (χ3v) is 3.58. The van der Waals surface area contributed by atoms with Crippen LogP contribution in [0, 0.1) is 0 Å². The molecular weight excluding hydrogens is 278 g/mol. The first-order valence-electron chi connectivity index (χ1n) is 7.45. The van der Waals surface area contributed by atoms with E-state index in [1.807, 2.05) is 63.2 Å². The highest BCUT2D eigenvalue weighted by Crippen LogP contribution is 2.20. The highest BCUT2D eigenvalue weighted by atomic mass is 16.6. The van der Waals surface area contributed by atoms with Gasteiger partial charge in [-0.05, 0) is 37.1 Å². The van der Waals surface area contributed by atoms with Crippen LogP contribution in [-0.2, 0) is 11.3 Å². The summed E-state index contributed by atoms with van der Waals surface area (Å²) in [5, 5.41) is 11.3. The van der Waals surface area contributed by atoms with Gasteiger partial charge >= 0.3 is 6.09 Å². The van der Waals surface area contributed by atoms with Crippen molar-refractivity contribution in [2.24, 2.45) is 0 Å². The zero-order chi connectivity index (χ0) is 16.2. The van der Waals surface area contributed by atoms with E-state index in [1.165, 1.54) is 4.90 Å². The third kappa shape index (κ3) is 3.77. The lowest BCUT2D eigenvalue weighted by atomic mass is 10.1. The Kier molecular flexibility index (Phi) is 5.03. The molecule has 2 aromatic carbocycles. The van der Waals surface area contributed by atoms with Gasteiger partial charge in [-0.3, -0.25) is 0 Å². The van der Waals surface area contributed by atoms with Gasteiger partial charge in [-0.1, -0.05) is 42.5 Å². The van der Waals surface area contributed by atoms with E-state index in [1.54, 1.807) is 0 Å². The first kappa shape index (κ1) is 16.3. The Balaban J connectivity index is 2.12. The predicted molar refractivity (Wildman–Crippen MR) is 87.7 cm³/mol. The second kappa shape index (κ2) is 6.79. The number of β-amino-alcohol motifs (C(OH)–C–C–N with tert-alkyl or cyclic N) is 1. The minimum absolute atomic E-state index is 0.0827. The van der Waals surface area contributed by atoms with Crippen LogP contribution in [0.1, 0.15) is 26.3 Å². The molecule has 0 spiro atoms. The molecule has 4 nitrogen and oxygen atoms in total. The molecule has 0 atom stereocenters. The van der Waals surface area contributed by atoms with Crippen LogP contribution in [0.25, 0.3) is 10.8 Å². The van der Waals surface area contributed by atoms with Crippen molar-refractivity contribution in [3.63, 3.8) is 0 Å². The van der Waals surface area contributed by atoms with Crippen molar-refractivity contribution in [2.45, 2.75) is 32.9 Å². The average Bonchev–Trinajstić information content (AvgIpc) is 2.49. The maximum Gasteiger partial charge on any atom is 0.410 e. The Hall–Kier alpha value is -2.07. The van der Waals surface area contributed by atoms with Crippen LogP contribution in [0.15, 0.2) is 42.5 Å². The van der Waals surface area contributed by atoms with Gasteiger partial charge in [-0.25, -0.2) is 4.79 Å². The highest BCUT2D eigenvalue weighted by molar-refractivity contribution is 5.85. The fraction of sp³-hybridized carbons (Fsp3) is 0.389. The molecular formula is C18H23NO3. The van der Waals surface area contributed by atoms with Crippen LogP contribution in [-0.4, -0.2) is 34.8 Å². The number of fused-ring (bicyclic) bond motifs is 1. The van der Waals surface area contributed by atoms with Crippen molar-refractivity contribution in [2.75, 3.05) is 13.2 Å². The highest BCUT2D eigenvalue weighted by Gasteiger charge is 2.27. The Labute approximate surface area is 131 Å². The lowest BCUT2D eigenvalue weighted by Crippen LogP contribution is -2.47. The van der Waals surface area contributed by atoms with Gasteiger partial charge in [0.15, 0.2) is 0 Å². The molecule has 0 aliphatic carbocycles. The molecule has 0 aliphatic heterocycles. The SMILES string of the molecule is CC(C)(C)N(CCO)C(=O)OCc1cccc2ccccc12. The molecule has 1 amide bonds. The second-order valence-corrected chi connectivity index (χ2v) is 6.24. The summed E-state index contributed by atoms with van der Waals surface area (Å²) in [5.74, 6) is 0. The van der Waals surface area contributed by atoms with Crippen molar-refractivity contribution in [3.8, 4) is 0 Å². The normalized spacial score (nSPS) is 11.5. The average molecular weight is 301 g/mol. The van der Waals surface area contributed by atoms with E-state index in [0.717, 1.165) is 16.3 Å². The first-order chi connectivity index (χ1) is 10.4. The predicted octanol–water partition coefficient (Wildman–Crippen LogP) is 3.57. The van der Waals surface area contributed by atoms with Gasteiger partial charge < -0.3 is 14.7 Å². The summed E-state index contributed by atoms with van der Waals surface area (Å²) in [6.45, 7) is 6.15. The molecule has 2 aromatic rings. The Bertz CT molecular complexity index is 641. The number of nitrogens with zero attached hydrogens (tertiary/aromatic N) is 1. The van der Waals surface area contributed by atoms with E-state index in [-0.39, 0.29) is 19.8 Å². The Morgan fingerprint density at radius 2 is 1.82 bits per heavy atom. The second-order valence-electron chi connectivity index (χ2n) is 6.24. The summed E-state index contributed by atoms with van der Waals surface area (Å²) in [7, 11) is 0. The molecule has 0 heterocycles. The van der Waals surface area contributed by atoms with Gasteiger partial charge in [0.2, 0.25) is 0 Å². The van der Waals surface area contributed by atoms with Crippen LogP contribution in [0.4, 0.5) is 4.79 Å². The zero-order valence-electron chi connectivity index (χ0n) is 13.4.